The second kappa shape index (κ2) is 7.81. The molecule has 0 radical (unpaired) electrons. The first kappa shape index (κ1) is 20.5. The molecule has 2 heterocycles. The number of carbonyl (C=O) groups is 2. The van der Waals surface area contributed by atoms with Crippen LogP contribution in [0.3, 0.4) is 0 Å². The molecule has 0 aliphatic carbocycles. The van der Waals surface area contributed by atoms with Crippen molar-refractivity contribution in [3.05, 3.63) is 70.4 Å². The minimum absolute atomic E-state index is 0.0671. The average molecular weight is 427 g/mol. The first-order chi connectivity index (χ1) is 14.3. The third-order valence-electron chi connectivity index (χ3n) is 5.63. The van der Waals surface area contributed by atoms with Crippen LogP contribution in [0.4, 0.5) is 4.39 Å². The van der Waals surface area contributed by atoms with Crippen molar-refractivity contribution < 1.29 is 18.7 Å². The van der Waals surface area contributed by atoms with Gasteiger partial charge < -0.3 is 15.4 Å². The van der Waals surface area contributed by atoms with Gasteiger partial charge in [-0.3, -0.25) is 9.59 Å². The number of carbonyl (C=O) groups excluding carboxylic acids is 2. The molecule has 3 aromatic rings. The number of thiophene rings is 1. The third-order valence-corrected chi connectivity index (χ3v) is 6.84. The Morgan fingerprint density at radius 1 is 1.17 bits per heavy atom. The van der Waals surface area contributed by atoms with Crippen LogP contribution in [0.2, 0.25) is 0 Å². The van der Waals surface area contributed by atoms with Gasteiger partial charge in [-0.05, 0) is 43.0 Å². The number of fused-ring (bicyclic) bond motifs is 1. The molecule has 1 aliphatic rings. The standard InChI is InChI=1S/C23H23FN2O3S/c1-23(2,14-7-9-15(24)10-8-14)22(28)26-11-12-29-17(13-26)19-16-5-3-4-6-18(16)30-20(19)21(25)27/h3-10,17H,11-13H2,1-2H3,(H2,25,27)/t17-/m1/s1. The lowest BCUT2D eigenvalue weighted by Gasteiger charge is -2.38. The van der Waals surface area contributed by atoms with Crippen LogP contribution in [0.5, 0.6) is 0 Å². The molecule has 2 N–H and O–H groups in total. The molecule has 1 fully saturated rings. The van der Waals surface area contributed by atoms with Crippen LogP contribution in [-0.4, -0.2) is 36.4 Å². The summed E-state index contributed by atoms with van der Waals surface area (Å²) in [6.07, 6.45) is -0.439. The summed E-state index contributed by atoms with van der Waals surface area (Å²) in [5.74, 6) is -0.899. The van der Waals surface area contributed by atoms with Crippen molar-refractivity contribution in [1.29, 1.82) is 0 Å². The lowest BCUT2D eigenvalue weighted by Crippen LogP contribution is -2.49. The lowest BCUT2D eigenvalue weighted by molar-refractivity contribution is -0.144. The number of morpholine rings is 1. The van der Waals surface area contributed by atoms with Gasteiger partial charge >= 0.3 is 0 Å². The molecule has 0 bridgehead atoms. The number of halogens is 1. The number of hydrogen-bond acceptors (Lipinski definition) is 4. The molecule has 156 valence electrons. The first-order valence-corrected chi connectivity index (χ1v) is 10.6. The molecule has 2 aromatic carbocycles. The van der Waals surface area contributed by atoms with E-state index in [1.54, 1.807) is 17.0 Å². The van der Waals surface area contributed by atoms with Crippen LogP contribution >= 0.6 is 11.3 Å². The van der Waals surface area contributed by atoms with Gasteiger partial charge in [-0.25, -0.2) is 4.39 Å². The predicted octanol–water partition coefficient (Wildman–Crippen LogP) is 4.02. The molecule has 1 saturated heterocycles. The monoisotopic (exact) mass is 426 g/mol. The number of nitrogens with two attached hydrogens (primary N) is 1. The van der Waals surface area contributed by atoms with E-state index >= 15 is 0 Å². The zero-order valence-corrected chi connectivity index (χ0v) is 17.7. The van der Waals surface area contributed by atoms with Gasteiger partial charge in [0, 0.05) is 16.8 Å². The van der Waals surface area contributed by atoms with Gasteiger partial charge in [-0.1, -0.05) is 30.3 Å². The van der Waals surface area contributed by atoms with E-state index in [0.717, 1.165) is 21.2 Å². The van der Waals surface area contributed by atoms with Crippen molar-refractivity contribution in [2.45, 2.75) is 25.4 Å². The summed E-state index contributed by atoms with van der Waals surface area (Å²) in [4.78, 5) is 27.7. The quantitative estimate of drug-likeness (QED) is 0.685. The van der Waals surface area contributed by atoms with Crippen molar-refractivity contribution in [1.82, 2.24) is 4.90 Å². The normalized spacial score (nSPS) is 17.3. The minimum Gasteiger partial charge on any atom is -0.370 e. The molecule has 30 heavy (non-hydrogen) atoms. The maximum atomic E-state index is 13.4. The molecule has 1 aliphatic heterocycles. The number of ether oxygens (including phenoxy) is 1. The van der Waals surface area contributed by atoms with Crippen molar-refractivity contribution in [2.75, 3.05) is 19.7 Å². The number of amides is 2. The third kappa shape index (κ3) is 3.59. The summed E-state index contributed by atoms with van der Waals surface area (Å²) < 4.78 is 20.3. The maximum absolute atomic E-state index is 13.4. The zero-order chi connectivity index (χ0) is 21.5. The summed E-state index contributed by atoms with van der Waals surface area (Å²) in [5.41, 5.74) is 6.32. The van der Waals surface area contributed by atoms with Crippen LogP contribution < -0.4 is 5.73 Å². The van der Waals surface area contributed by atoms with Crippen LogP contribution in [0.15, 0.2) is 48.5 Å². The largest absolute Gasteiger partial charge is 0.370 e. The van der Waals surface area contributed by atoms with Crippen molar-refractivity contribution in [3.63, 3.8) is 0 Å². The second-order valence-corrected chi connectivity index (χ2v) is 9.00. The Bertz CT molecular complexity index is 1110. The second-order valence-electron chi connectivity index (χ2n) is 7.95. The summed E-state index contributed by atoms with van der Waals surface area (Å²) in [5, 5.41) is 0.924. The van der Waals surface area contributed by atoms with Crippen molar-refractivity contribution >= 4 is 33.2 Å². The summed E-state index contributed by atoms with van der Waals surface area (Å²) in [7, 11) is 0. The Balaban J connectivity index is 1.65. The SMILES string of the molecule is CC(C)(C(=O)N1CCO[C@@H](c2c(C(N)=O)sc3ccccc23)C1)c1ccc(F)cc1. The van der Waals surface area contributed by atoms with Gasteiger partial charge in [0.05, 0.1) is 23.4 Å². The molecule has 1 atom stereocenters. The van der Waals surface area contributed by atoms with E-state index in [-0.39, 0.29) is 11.7 Å². The topological polar surface area (TPSA) is 72.6 Å². The van der Waals surface area contributed by atoms with Gasteiger partial charge in [0.25, 0.3) is 5.91 Å². The summed E-state index contributed by atoms with van der Waals surface area (Å²) in [6, 6.07) is 13.7. The molecule has 0 saturated carbocycles. The molecule has 0 unspecified atom stereocenters. The van der Waals surface area contributed by atoms with E-state index in [0.29, 0.717) is 24.6 Å². The van der Waals surface area contributed by atoms with Crippen LogP contribution in [0.25, 0.3) is 10.1 Å². The Morgan fingerprint density at radius 3 is 2.57 bits per heavy atom. The number of benzene rings is 2. The fraction of sp³-hybridized carbons (Fsp3) is 0.304. The number of primary amides is 1. The average Bonchev–Trinajstić information content (AvgIpc) is 3.13. The number of rotatable bonds is 4. The van der Waals surface area contributed by atoms with Gasteiger partial charge in [-0.2, -0.15) is 0 Å². The van der Waals surface area contributed by atoms with Gasteiger partial charge in [-0.15, -0.1) is 11.3 Å². The highest BCUT2D eigenvalue weighted by Gasteiger charge is 2.38. The molecular formula is C23H23FN2O3S. The van der Waals surface area contributed by atoms with Gasteiger partial charge in [0.15, 0.2) is 0 Å². The molecular weight excluding hydrogens is 403 g/mol. The fourth-order valence-electron chi connectivity index (χ4n) is 3.96. The predicted molar refractivity (Wildman–Crippen MR) is 115 cm³/mol. The van der Waals surface area contributed by atoms with Crippen molar-refractivity contribution in [3.8, 4) is 0 Å². The number of hydrogen-bond donors (Lipinski definition) is 1. The van der Waals surface area contributed by atoms with Gasteiger partial charge in [0.2, 0.25) is 5.91 Å². The van der Waals surface area contributed by atoms with E-state index in [2.05, 4.69) is 0 Å². The van der Waals surface area contributed by atoms with Crippen LogP contribution in [0.1, 0.15) is 40.8 Å². The Labute approximate surface area is 178 Å². The van der Waals surface area contributed by atoms with E-state index in [4.69, 9.17) is 10.5 Å². The molecule has 5 nitrogen and oxygen atoms in total. The first-order valence-electron chi connectivity index (χ1n) is 9.77. The van der Waals surface area contributed by atoms with E-state index in [1.165, 1.54) is 23.5 Å². The highest BCUT2D eigenvalue weighted by atomic mass is 32.1. The van der Waals surface area contributed by atoms with Gasteiger partial charge in [0.1, 0.15) is 11.9 Å². The Morgan fingerprint density at radius 2 is 1.87 bits per heavy atom. The summed E-state index contributed by atoms with van der Waals surface area (Å²) >= 11 is 1.35. The number of nitrogens with zero attached hydrogens (tertiary/aromatic N) is 1. The highest BCUT2D eigenvalue weighted by Crippen LogP contribution is 2.38. The molecule has 0 spiro atoms. The minimum atomic E-state index is -0.821. The maximum Gasteiger partial charge on any atom is 0.259 e. The zero-order valence-electron chi connectivity index (χ0n) is 16.9. The lowest BCUT2D eigenvalue weighted by atomic mass is 9.83. The molecule has 7 heteroatoms. The van der Waals surface area contributed by atoms with Crippen molar-refractivity contribution in [2.24, 2.45) is 5.73 Å². The fourth-order valence-corrected chi connectivity index (χ4v) is 5.07. The smallest absolute Gasteiger partial charge is 0.259 e. The van der Waals surface area contributed by atoms with E-state index < -0.39 is 17.4 Å². The van der Waals surface area contributed by atoms with E-state index in [1.807, 2.05) is 38.1 Å². The van der Waals surface area contributed by atoms with E-state index in [9.17, 15) is 14.0 Å². The summed E-state index contributed by atoms with van der Waals surface area (Å²) in [6.45, 7) is 4.81. The Hall–Kier alpha value is -2.77. The Kier molecular flexibility index (Phi) is 5.34. The highest BCUT2D eigenvalue weighted by molar-refractivity contribution is 7.21. The molecule has 1 aromatic heterocycles. The van der Waals surface area contributed by atoms with Crippen LogP contribution in [0, 0.1) is 5.82 Å². The molecule has 4 rings (SSSR count). The van der Waals surface area contributed by atoms with Crippen LogP contribution in [-0.2, 0) is 14.9 Å². The molecule has 2 amide bonds.